The third-order valence-corrected chi connectivity index (χ3v) is 3.60. The van der Waals surface area contributed by atoms with Gasteiger partial charge in [0, 0.05) is 26.5 Å². The Morgan fingerprint density at radius 3 is 2.04 bits per heavy atom. The van der Waals surface area contributed by atoms with Crippen molar-refractivity contribution in [3.05, 3.63) is 52.4 Å². The lowest BCUT2D eigenvalue weighted by atomic mass is 10.1. The summed E-state index contributed by atoms with van der Waals surface area (Å²) in [6.07, 6.45) is 4.15. The predicted octanol–water partition coefficient (Wildman–Crippen LogP) is 2.20. The first-order valence-corrected chi connectivity index (χ1v) is 7.79. The smallest absolute Gasteiger partial charge is 0.357 e. The molecule has 0 fully saturated rings. The molecule has 0 aliphatic carbocycles. The molecule has 0 bridgehead atoms. The van der Waals surface area contributed by atoms with E-state index in [2.05, 4.69) is 31.1 Å². The van der Waals surface area contributed by atoms with Crippen LogP contribution >= 0.6 is 15.9 Å². The zero-order valence-corrected chi connectivity index (χ0v) is 15.2. The third-order valence-electron chi connectivity index (χ3n) is 3.02. The Hall–Kier alpha value is -3.08. The molecule has 11 heteroatoms. The highest BCUT2D eigenvalue weighted by Crippen LogP contribution is 2.20. The Labute approximate surface area is 154 Å². The summed E-state index contributed by atoms with van der Waals surface area (Å²) in [7, 11) is 3.27. The van der Waals surface area contributed by atoms with E-state index in [4.69, 9.17) is 10.2 Å². The molecule has 0 saturated heterocycles. The summed E-state index contributed by atoms with van der Waals surface area (Å²) in [6, 6.07) is 2.64. The summed E-state index contributed by atoms with van der Waals surface area (Å²) in [5, 5.41) is 24.9. The van der Waals surface area contributed by atoms with Gasteiger partial charge in [-0.05, 0) is 28.1 Å². The van der Waals surface area contributed by atoms with Crippen LogP contribution in [0, 0.1) is 5.82 Å². The zero-order chi connectivity index (χ0) is 19.4. The largest absolute Gasteiger partial charge is 0.476 e. The van der Waals surface area contributed by atoms with E-state index in [0.29, 0.717) is 15.7 Å². The lowest BCUT2D eigenvalue weighted by molar-refractivity contribution is 0.0679. The van der Waals surface area contributed by atoms with Gasteiger partial charge < -0.3 is 10.2 Å². The molecule has 0 aliphatic heterocycles. The van der Waals surface area contributed by atoms with Gasteiger partial charge in [-0.15, -0.1) is 0 Å². The predicted molar refractivity (Wildman–Crippen MR) is 91.2 cm³/mol. The van der Waals surface area contributed by atoms with Gasteiger partial charge in [-0.3, -0.25) is 14.3 Å². The molecular formula is C15H13BrFN5O4. The molecule has 26 heavy (non-hydrogen) atoms. The lowest BCUT2D eigenvalue weighted by Gasteiger charge is -1.97. The Morgan fingerprint density at radius 1 is 1.04 bits per heavy atom. The molecule has 2 N–H and O–H groups in total. The van der Waals surface area contributed by atoms with Crippen molar-refractivity contribution < 1.29 is 24.2 Å². The Balaban J connectivity index is 0.000000209. The van der Waals surface area contributed by atoms with Gasteiger partial charge in [0.1, 0.15) is 5.82 Å². The summed E-state index contributed by atoms with van der Waals surface area (Å²) in [5.74, 6) is -2.63. The number of carbonyl (C=O) groups is 2. The van der Waals surface area contributed by atoms with Crippen LogP contribution in [-0.2, 0) is 14.1 Å². The molecule has 0 aliphatic rings. The summed E-state index contributed by atoms with van der Waals surface area (Å²) in [5.41, 5.74) is 0.700. The van der Waals surface area contributed by atoms with E-state index < -0.39 is 17.8 Å². The fourth-order valence-corrected chi connectivity index (χ4v) is 2.52. The van der Waals surface area contributed by atoms with Gasteiger partial charge in [-0.1, -0.05) is 0 Å². The normalized spacial score (nSPS) is 10.2. The number of hydrogen-bond donors (Lipinski definition) is 2. The first-order chi connectivity index (χ1) is 12.2. The maximum absolute atomic E-state index is 12.7. The molecule has 0 aromatic carbocycles. The molecule has 0 spiro atoms. The van der Waals surface area contributed by atoms with E-state index in [1.54, 1.807) is 20.3 Å². The van der Waals surface area contributed by atoms with E-state index in [-0.39, 0.29) is 11.4 Å². The van der Waals surface area contributed by atoms with Gasteiger partial charge in [0.2, 0.25) is 0 Å². The molecule has 0 unspecified atom stereocenters. The second kappa shape index (κ2) is 7.87. The van der Waals surface area contributed by atoms with Crippen LogP contribution in [0.15, 0.2) is 35.2 Å². The molecular weight excluding hydrogens is 413 g/mol. The van der Waals surface area contributed by atoms with Crippen LogP contribution < -0.4 is 0 Å². The number of halogens is 2. The molecule has 0 radical (unpaired) electrons. The molecule has 3 aromatic heterocycles. The van der Waals surface area contributed by atoms with Crippen LogP contribution in [0.2, 0.25) is 0 Å². The van der Waals surface area contributed by atoms with Crippen molar-refractivity contribution in [2.45, 2.75) is 0 Å². The molecule has 3 rings (SSSR count). The minimum absolute atomic E-state index is 0.0440. The standard InChI is InChI=1S/C10H8FN3O2.C5H5BrN2O2/c1-14-5-7(9(13-14)10(15)16)8-3-2-6(11)4-12-8;1-8-2-3(6)4(7-8)5(9)10/h2-5H,1H3,(H,15,16);2H,1H3,(H,9,10). The van der Waals surface area contributed by atoms with Crippen LogP contribution in [0.5, 0.6) is 0 Å². The number of rotatable bonds is 3. The molecule has 9 nitrogen and oxygen atoms in total. The average Bonchev–Trinajstić information content (AvgIpc) is 3.11. The molecule has 0 saturated carbocycles. The Morgan fingerprint density at radius 2 is 1.62 bits per heavy atom. The summed E-state index contributed by atoms with van der Waals surface area (Å²) in [4.78, 5) is 25.0. The maximum atomic E-state index is 12.7. The molecule has 0 atom stereocenters. The number of carboxylic acids is 2. The number of aromatic nitrogens is 5. The number of nitrogens with zero attached hydrogens (tertiary/aromatic N) is 5. The summed E-state index contributed by atoms with van der Waals surface area (Å²) < 4.78 is 16.0. The minimum Gasteiger partial charge on any atom is -0.476 e. The van der Waals surface area contributed by atoms with E-state index >= 15 is 0 Å². The highest BCUT2D eigenvalue weighted by Gasteiger charge is 2.17. The monoisotopic (exact) mass is 425 g/mol. The van der Waals surface area contributed by atoms with E-state index in [1.165, 1.54) is 27.7 Å². The summed E-state index contributed by atoms with van der Waals surface area (Å²) >= 11 is 3.05. The van der Waals surface area contributed by atoms with Crippen LogP contribution in [0.25, 0.3) is 11.3 Å². The van der Waals surface area contributed by atoms with Crippen molar-refractivity contribution in [2.24, 2.45) is 14.1 Å². The highest BCUT2D eigenvalue weighted by atomic mass is 79.9. The van der Waals surface area contributed by atoms with Gasteiger partial charge in [-0.25, -0.2) is 14.0 Å². The topological polar surface area (TPSA) is 123 Å². The number of aryl methyl sites for hydroxylation is 2. The number of carboxylic acid groups (broad SMARTS) is 2. The van der Waals surface area contributed by atoms with Crippen molar-refractivity contribution in [2.75, 3.05) is 0 Å². The fourth-order valence-electron chi connectivity index (χ4n) is 1.97. The van der Waals surface area contributed by atoms with Crippen molar-refractivity contribution in [1.82, 2.24) is 24.5 Å². The summed E-state index contributed by atoms with van der Waals surface area (Å²) in [6.45, 7) is 0. The van der Waals surface area contributed by atoms with Gasteiger partial charge in [0.25, 0.3) is 0 Å². The number of hydrogen-bond acceptors (Lipinski definition) is 5. The van der Waals surface area contributed by atoms with Crippen molar-refractivity contribution in [1.29, 1.82) is 0 Å². The van der Waals surface area contributed by atoms with Crippen LogP contribution in [-0.4, -0.2) is 46.7 Å². The Kier molecular flexibility index (Phi) is 5.82. The number of pyridine rings is 1. The van der Waals surface area contributed by atoms with E-state index in [1.807, 2.05) is 0 Å². The van der Waals surface area contributed by atoms with Crippen molar-refractivity contribution in [3.8, 4) is 11.3 Å². The molecule has 136 valence electrons. The van der Waals surface area contributed by atoms with Crippen LogP contribution in [0.3, 0.4) is 0 Å². The Bertz CT molecular complexity index is 952. The molecule has 0 amide bonds. The third kappa shape index (κ3) is 4.51. The van der Waals surface area contributed by atoms with Crippen molar-refractivity contribution >= 4 is 27.9 Å². The quantitative estimate of drug-likeness (QED) is 0.658. The first-order valence-electron chi connectivity index (χ1n) is 7.00. The van der Waals surface area contributed by atoms with Gasteiger partial charge in [-0.2, -0.15) is 10.2 Å². The highest BCUT2D eigenvalue weighted by molar-refractivity contribution is 9.10. The zero-order valence-electron chi connectivity index (χ0n) is 13.6. The first kappa shape index (κ1) is 19.2. The van der Waals surface area contributed by atoms with Gasteiger partial charge in [0.15, 0.2) is 11.4 Å². The van der Waals surface area contributed by atoms with E-state index in [0.717, 1.165) is 6.20 Å². The maximum Gasteiger partial charge on any atom is 0.357 e. The van der Waals surface area contributed by atoms with Gasteiger partial charge >= 0.3 is 11.9 Å². The van der Waals surface area contributed by atoms with E-state index in [9.17, 15) is 14.0 Å². The second-order valence-electron chi connectivity index (χ2n) is 5.04. The SMILES string of the molecule is Cn1cc(-c2ccc(F)cn2)c(C(=O)O)n1.Cn1cc(Br)c(C(=O)O)n1. The lowest BCUT2D eigenvalue weighted by Crippen LogP contribution is -2.01. The van der Waals surface area contributed by atoms with Gasteiger partial charge in [0.05, 0.1) is 21.9 Å². The molecule has 3 heterocycles. The second-order valence-corrected chi connectivity index (χ2v) is 5.89. The minimum atomic E-state index is -1.14. The fraction of sp³-hybridized carbons (Fsp3) is 0.133. The van der Waals surface area contributed by atoms with Crippen molar-refractivity contribution in [3.63, 3.8) is 0 Å². The van der Waals surface area contributed by atoms with Crippen LogP contribution in [0.4, 0.5) is 4.39 Å². The molecule has 3 aromatic rings. The van der Waals surface area contributed by atoms with Crippen LogP contribution in [0.1, 0.15) is 21.0 Å². The number of aromatic carboxylic acids is 2. The average molecular weight is 426 g/mol.